The first-order valence-corrected chi connectivity index (χ1v) is 8.76. The number of rotatable bonds is 6. The van der Waals surface area contributed by atoms with Gasteiger partial charge in [-0.1, -0.05) is 31.7 Å². The van der Waals surface area contributed by atoms with Gasteiger partial charge >= 0.3 is 0 Å². The molecular weight excluding hydrogens is 344 g/mol. The molecule has 0 aliphatic heterocycles. The Hall–Kier alpha value is -0.840. The zero-order valence-electron chi connectivity index (χ0n) is 12.7. The Balaban J connectivity index is 2.03. The molecule has 112 valence electrons. The molecule has 2 aromatic rings. The highest BCUT2D eigenvalue weighted by Crippen LogP contribution is 2.32. The Labute approximate surface area is 139 Å². The molecule has 1 aromatic heterocycles. The fraction of sp³-hybridized carbons (Fsp3) is 0.353. The lowest BCUT2D eigenvalue weighted by atomic mass is 10.1. The highest BCUT2D eigenvalue weighted by molar-refractivity contribution is 9.10. The molecule has 0 unspecified atom stereocenters. The van der Waals surface area contributed by atoms with Crippen LogP contribution in [0, 0.1) is 12.8 Å². The summed E-state index contributed by atoms with van der Waals surface area (Å²) in [4.78, 5) is 5.62. The zero-order chi connectivity index (χ0) is 15.2. The largest absolute Gasteiger partial charge is 0.312 e. The molecule has 0 saturated heterocycles. The summed E-state index contributed by atoms with van der Waals surface area (Å²) in [6.45, 7) is 8.61. The van der Waals surface area contributed by atoms with E-state index in [4.69, 9.17) is 0 Å². The molecule has 0 amide bonds. The first-order valence-electron chi connectivity index (χ1n) is 7.15. The normalized spacial score (nSPS) is 11.1. The van der Waals surface area contributed by atoms with Crippen molar-refractivity contribution in [3.05, 3.63) is 52.1 Å². The Morgan fingerprint density at radius 2 is 2.10 bits per heavy atom. The third kappa shape index (κ3) is 5.13. The predicted octanol–water partition coefficient (Wildman–Crippen LogP) is 5.05. The number of hydrogen-bond donors (Lipinski definition) is 1. The highest BCUT2D eigenvalue weighted by atomic mass is 79.9. The molecule has 21 heavy (non-hydrogen) atoms. The number of pyridine rings is 1. The van der Waals surface area contributed by atoms with Crippen LogP contribution in [0.5, 0.6) is 0 Å². The fourth-order valence-corrected chi connectivity index (χ4v) is 3.36. The molecule has 0 radical (unpaired) electrons. The van der Waals surface area contributed by atoms with Gasteiger partial charge in [-0.2, -0.15) is 0 Å². The summed E-state index contributed by atoms with van der Waals surface area (Å²) < 4.78 is 1.04. The molecule has 0 spiro atoms. The number of hydrogen-bond acceptors (Lipinski definition) is 3. The van der Waals surface area contributed by atoms with Crippen molar-refractivity contribution in [1.29, 1.82) is 0 Å². The summed E-state index contributed by atoms with van der Waals surface area (Å²) >= 11 is 5.23. The van der Waals surface area contributed by atoms with Crippen LogP contribution in [0.2, 0.25) is 0 Å². The molecule has 2 rings (SSSR count). The molecule has 0 bridgehead atoms. The second-order valence-corrected chi connectivity index (χ2v) is 7.42. The van der Waals surface area contributed by atoms with Crippen molar-refractivity contribution >= 4 is 27.7 Å². The lowest BCUT2D eigenvalue weighted by Crippen LogP contribution is -2.19. The van der Waals surface area contributed by atoms with Gasteiger partial charge in [0.25, 0.3) is 0 Å². The van der Waals surface area contributed by atoms with Gasteiger partial charge in [0.05, 0.1) is 4.47 Å². The van der Waals surface area contributed by atoms with E-state index in [0.717, 1.165) is 22.6 Å². The van der Waals surface area contributed by atoms with E-state index in [1.165, 1.54) is 16.0 Å². The van der Waals surface area contributed by atoms with E-state index in [1.54, 1.807) is 11.8 Å². The van der Waals surface area contributed by atoms with E-state index in [2.05, 4.69) is 65.2 Å². The molecule has 0 aliphatic rings. The molecule has 1 aromatic carbocycles. The SMILES string of the molecule is Cc1cc(Sc2ncccc2Br)ccc1CNCC(C)C. The minimum atomic E-state index is 0.682. The average Bonchev–Trinajstić information content (AvgIpc) is 2.43. The maximum absolute atomic E-state index is 4.40. The van der Waals surface area contributed by atoms with E-state index < -0.39 is 0 Å². The predicted molar refractivity (Wildman–Crippen MR) is 93.8 cm³/mol. The number of halogens is 1. The molecule has 0 atom stereocenters. The van der Waals surface area contributed by atoms with Gasteiger partial charge in [0.2, 0.25) is 0 Å². The van der Waals surface area contributed by atoms with Gasteiger partial charge in [0.15, 0.2) is 0 Å². The van der Waals surface area contributed by atoms with Crippen LogP contribution in [0.3, 0.4) is 0 Å². The van der Waals surface area contributed by atoms with Crippen LogP contribution < -0.4 is 5.32 Å². The van der Waals surface area contributed by atoms with Crippen molar-refractivity contribution in [2.75, 3.05) is 6.54 Å². The summed E-state index contributed by atoms with van der Waals surface area (Å²) in [5.74, 6) is 0.682. The first kappa shape index (κ1) is 16.5. The smallest absolute Gasteiger partial charge is 0.115 e. The zero-order valence-corrected chi connectivity index (χ0v) is 15.1. The Kier molecular flexibility index (Phi) is 6.27. The second kappa shape index (κ2) is 7.97. The van der Waals surface area contributed by atoms with Crippen LogP contribution in [-0.2, 0) is 6.54 Å². The monoisotopic (exact) mass is 364 g/mol. The highest BCUT2D eigenvalue weighted by Gasteiger charge is 2.05. The van der Waals surface area contributed by atoms with Crippen LogP contribution in [-0.4, -0.2) is 11.5 Å². The standard InChI is InChI=1S/C17H21BrN2S/c1-12(2)10-19-11-14-6-7-15(9-13(14)3)21-17-16(18)5-4-8-20-17/h4-9,12,19H,10-11H2,1-3H3. The van der Waals surface area contributed by atoms with Crippen LogP contribution in [0.15, 0.2) is 50.9 Å². The van der Waals surface area contributed by atoms with Gasteiger partial charge in [0.1, 0.15) is 5.03 Å². The van der Waals surface area contributed by atoms with E-state index in [0.29, 0.717) is 5.92 Å². The summed E-state index contributed by atoms with van der Waals surface area (Å²) in [5.41, 5.74) is 2.68. The minimum absolute atomic E-state index is 0.682. The molecule has 2 nitrogen and oxygen atoms in total. The molecule has 0 fully saturated rings. The molecular formula is C17H21BrN2S. The number of aromatic nitrogens is 1. The van der Waals surface area contributed by atoms with E-state index in [1.807, 2.05) is 18.3 Å². The third-order valence-corrected chi connectivity index (χ3v) is 5.03. The summed E-state index contributed by atoms with van der Waals surface area (Å²) in [7, 11) is 0. The first-order chi connectivity index (χ1) is 10.1. The summed E-state index contributed by atoms with van der Waals surface area (Å²) in [6.07, 6.45) is 1.82. The number of nitrogens with one attached hydrogen (secondary N) is 1. The van der Waals surface area contributed by atoms with Crippen molar-refractivity contribution < 1.29 is 0 Å². The maximum Gasteiger partial charge on any atom is 0.115 e. The number of nitrogens with zero attached hydrogens (tertiary/aromatic N) is 1. The summed E-state index contributed by atoms with van der Waals surface area (Å²) in [5, 5.41) is 4.50. The van der Waals surface area contributed by atoms with Gasteiger partial charge in [-0.05, 0) is 70.7 Å². The van der Waals surface area contributed by atoms with Gasteiger partial charge in [-0.3, -0.25) is 0 Å². The molecule has 1 N–H and O–H groups in total. The van der Waals surface area contributed by atoms with Gasteiger partial charge in [-0.15, -0.1) is 0 Å². The maximum atomic E-state index is 4.40. The molecule has 0 saturated carbocycles. The quantitative estimate of drug-likeness (QED) is 0.776. The Morgan fingerprint density at radius 1 is 1.29 bits per heavy atom. The van der Waals surface area contributed by atoms with Crippen LogP contribution in [0.1, 0.15) is 25.0 Å². The van der Waals surface area contributed by atoms with Crippen molar-refractivity contribution in [1.82, 2.24) is 10.3 Å². The van der Waals surface area contributed by atoms with Gasteiger partial charge in [-0.25, -0.2) is 4.98 Å². The second-order valence-electron chi connectivity index (χ2n) is 5.51. The van der Waals surface area contributed by atoms with E-state index in [-0.39, 0.29) is 0 Å². The molecule has 4 heteroatoms. The fourth-order valence-electron chi connectivity index (χ4n) is 1.98. The lowest BCUT2D eigenvalue weighted by Gasteiger charge is -2.11. The number of benzene rings is 1. The van der Waals surface area contributed by atoms with E-state index >= 15 is 0 Å². The third-order valence-electron chi connectivity index (χ3n) is 3.12. The molecule has 0 aliphatic carbocycles. The van der Waals surface area contributed by atoms with Crippen molar-refractivity contribution in [3.63, 3.8) is 0 Å². The van der Waals surface area contributed by atoms with Crippen LogP contribution in [0.4, 0.5) is 0 Å². The molecule has 1 heterocycles. The van der Waals surface area contributed by atoms with Crippen molar-refractivity contribution in [2.45, 2.75) is 37.2 Å². The minimum Gasteiger partial charge on any atom is -0.312 e. The van der Waals surface area contributed by atoms with E-state index in [9.17, 15) is 0 Å². The Morgan fingerprint density at radius 3 is 2.76 bits per heavy atom. The van der Waals surface area contributed by atoms with Gasteiger partial charge in [0, 0.05) is 17.6 Å². The van der Waals surface area contributed by atoms with Crippen molar-refractivity contribution in [3.8, 4) is 0 Å². The Bertz CT molecular complexity index is 599. The van der Waals surface area contributed by atoms with Crippen molar-refractivity contribution in [2.24, 2.45) is 5.92 Å². The lowest BCUT2D eigenvalue weighted by molar-refractivity contribution is 0.551. The van der Waals surface area contributed by atoms with Crippen LogP contribution in [0.25, 0.3) is 0 Å². The summed E-state index contributed by atoms with van der Waals surface area (Å²) in [6, 6.07) is 10.6. The van der Waals surface area contributed by atoms with Crippen LogP contribution >= 0.6 is 27.7 Å². The average molecular weight is 365 g/mol. The van der Waals surface area contributed by atoms with Gasteiger partial charge < -0.3 is 5.32 Å². The topological polar surface area (TPSA) is 24.9 Å². The number of aryl methyl sites for hydroxylation is 1.